The summed E-state index contributed by atoms with van der Waals surface area (Å²) in [4.78, 5) is 37.4. The van der Waals surface area contributed by atoms with Crippen LogP contribution in [0.25, 0.3) is 0 Å². The molecule has 2 amide bonds. The van der Waals surface area contributed by atoms with Crippen LogP contribution in [-0.4, -0.2) is 23.8 Å². The topological polar surface area (TPSA) is 84.5 Å². The van der Waals surface area contributed by atoms with Gasteiger partial charge in [-0.25, -0.2) is 4.79 Å². The normalized spacial score (nSPS) is 11.9. The van der Waals surface area contributed by atoms with Crippen LogP contribution in [0.5, 0.6) is 5.75 Å². The zero-order valence-electron chi connectivity index (χ0n) is 18.4. The predicted molar refractivity (Wildman–Crippen MR) is 127 cm³/mol. The van der Waals surface area contributed by atoms with Crippen LogP contribution in [0, 0.1) is 0 Å². The third-order valence-corrected chi connectivity index (χ3v) is 5.31. The lowest BCUT2D eigenvalue weighted by Crippen LogP contribution is -2.43. The van der Waals surface area contributed by atoms with Gasteiger partial charge in [0.15, 0.2) is 0 Å². The highest BCUT2D eigenvalue weighted by atomic mass is 79.9. The smallest absolute Gasteiger partial charge is 0.416 e. The maximum atomic E-state index is 12.9. The van der Waals surface area contributed by atoms with Gasteiger partial charge in [-0.1, -0.05) is 46.3 Å². The minimum Gasteiger partial charge on any atom is -0.424 e. The summed E-state index contributed by atoms with van der Waals surface area (Å²) in [6, 6.07) is 16.3. The highest BCUT2D eigenvalue weighted by Gasteiger charge is 2.30. The number of alkyl halides is 3. The molecule has 3 rings (SSSR count). The number of benzene rings is 3. The van der Waals surface area contributed by atoms with Gasteiger partial charge in [0.25, 0.3) is 5.91 Å². The Kier molecular flexibility index (Phi) is 8.29. The van der Waals surface area contributed by atoms with Crippen molar-refractivity contribution in [1.82, 2.24) is 5.32 Å². The Bertz CT molecular complexity index is 1220. The Hall–Kier alpha value is -3.66. The molecule has 10 heteroatoms. The quantitative estimate of drug-likeness (QED) is 0.307. The van der Waals surface area contributed by atoms with Crippen molar-refractivity contribution >= 4 is 39.4 Å². The molecular formula is C25H20BrF3N2O4. The van der Waals surface area contributed by atoms with E-state index >= 15 is 0 Å². The van der Waals surface area contributed by atoms with Gasteiger partial charge in [0.2, 0.25) is 5.91 Å². The van der Waals surface area contributed by atoms with E-state index in [1.807, 2.05) is 6.07 Å². The number of amides is 2. The average molecular weight is 549 g/mol. The molecule has 0 spiro atoms. The van der Waals surface area contributed by atoms with Gasteiger partial charge in [0, 0.05) is 23.5 Å². The largest absolute Gasteiger partial charge is 0.424 e. The van der Waals surface area contributed by atoms with E-state index in [0.29, 0.717) is 4.47 Å². The molecule has 3 aromatic carbocycles. The van der Waals surface area contributed by atoms with Gasteiger partial charge in [-0.15, -0.1) is 0 Å². The number of esters is 1. The summed E-state index contributed by atoms with van der Waals surface area (Å²) >= 11 is 3.26. The third-order valence-electron chi connectivity index (χ3n) is 4.81. The Balaban J connectivity index is 1.80. The monoisotopic (exact) mass is 548 g/mol. The number of halogens is 4. The number of hydrogen-bond acceptors (Lipinski definition) is 4. The van der Waals surface area contributed by atoms with Crippen LogP contribution in [0.4, 0.5) is 18.9 Å². The molecular weight excluding hydrogens is 529 g/mol. The minimum absolute atomic E-state index is 0.0252. The molecule has 182 valence electrons. The molecule has 3 aromatic rings. The van der Waals surface area contributed by atoms with Crippen LogP contribution in [0.3, 0.4) is 0 Å². The number of hydrogen-bond donors (Lipinski definition) is 2. The van der Waals surface area contributed by atoms with E-state index in [-0.39, 0.29) is 23.4 Å². The van der Waals surface area contributed by atoms with Crippen LogP contribution < -0.4 is 15.4 Å². The number of rotatable bonds is 7. The number of nitrogens with one attached hydrogen (secondary N) is 2. The van der Waals surface area contributed by atoms with Crippen molar-refractivity contribution in [2.45, 2.75) is 25.6 Å². The predicted octanol–water partition coefficient (Wildman–Crippen LogP) is 5.37. The standard InChI is InChI=1S/C25H20BrF3N2O4/c1-15(32)30-21(13-16-5-3-2-4-6-16)24(34)35-22-14-18(26)9-12-20(22)23(33)31-19-10-7-17(8-11-19)25(27,28)29/h2-12,14,21H,13H2,1H3,(H,30,32)(H,31,33)/t21-/m0/s1. The van der Waals surface area contributed by atoms with E-state index < -0.39 is 35.6 Å². The molecule has 0 aliphatic rings. The first-order chi connectivity index (χ1) is 16.5. The second kappa shape index (κ2) is 11.2. The molecule has 0 bridgehead atoms. The molecule has 2 N–H and O–H groups in total. The molecule has 35 heavy (non-hydrogen) atoms. The van der Waals surface area contributed by atoms with E-state index in [4.69, 9.17) is 4.74 Å². The van der Waals surface area contributed by atoms with Crippen molar-refractivity contribution in [3.63, 3.8) is 0 Å². The van der Waals surface area contributed by atoms with Crippen molar-refractivity contribution in [3.05, 3.63) is 94.0 Å². The van der Waals surface area contributed by atoms with Crippen molar-refractivity contribution in [2.24, 2.45) is 0 Å². The maximum absolute atomic E-state index is 12.9. The molecule has 0 aliphatic carbocycles. The molecule has 0 aliphatic heterocycles. The second-order valence-electron chi connectivity index (χ2n) is 7.53. The van der Waals surface area contributed by atoms with Crippen molar-refractivity contribution in [3.8, 4) is 5.75 Å². The fraction of sp³-hybridized carbons (Fsp3) is 0.160. The van der Waals surface area contributed by atoms with Gasteiger partial charge in [-0.05, 0) is 48.0 Å². The summed E-state index contributed by atoms with van der Waals surface area (Å²) in [5.41, 5.74) is 0.0417. The SMILES string of the molecule is CC(=O)N[C@@H](Cc1ccccc1)C(=O)Oc1cc(Br)ccc1C(=O)Nc1ccc(C(F)(F)F)cc1. The van der Waals surface area contributed by atoms with Crippen LogP contribution in [0.1, 0.15) is 28.4 Å². The molecule has 0 heterocycles. The van der Waals surface area contributed by atoms with Crippen LogP contribution in [0.2, 0.25) is 0 Å². The lowest BCUT2D eigenvalue weighted by Gasteiger charge is -2.18. The number of carbonyl (C=O) groups is 3. The molecule has 0 saturated heterocycles. The molecule has 0 aromatic heterocycles. The van der Waals surface area contributed by atoms with Gasteiger partial charge in [-0.3, -0.25) is 9.59 Å². The highest BCUT2D eigenvalue weighted by Crippen LogP contribution is 2.30. The van der Waals surface area contributed by atoms with Crippen molar-refractivity contribution in [2.75, 3.05) is 5.32 Å². The van der Waals surface area contributed by atoms with Crippen molar-refractivity contribution in [1.29, 1.82) is 0 Å². The lowest BCUT2D eigenvalue weighted by atomic mass is 10.1. The zero-order chi connectivity index (χ0) is 25.6. The van der Waals surface area contributed by atoms with E-state index in [2.05, 4.69) is 26.6 Å². The Labute approximate surface area is 207 Å². The Morgan fingerprint density at radius 3 is 2.23 bits per heavy atom. The van der Waals surface area contributed by atoms with Gasteiger partial charge in [0.05, 0.1) is 11.1 Å². The van der Waals surface area contributed by atoms with Gasteiger partial charge >= 0.3 is 12.1 Å². The summed E-state index contributed by atoms with van der Waals surface area (Å²) in [5.74, 6) is -2.00. The zero-order valence-corrected chi connectivity index (χ0v) is 19.9. The molecule has 6 nitrogen and oxygen atoms in total. The maximum Gasteiger partial charge on any atom is 0.416 e. The fourth-order valence-corrected chi connectivity index (χ4v) is 3.52. The summed E-state index contributed by atoms with van der Waals surface area (Å²) in [6.45, 7) is 1.27. The fourth-order valence-electron chi connectivity index (χ4n) is 3.18. The van der Waals surface area contributed by atoms with Crippen LogP contribution in [0.15, 0.2) is 77.3 Å². The van der Waals surface area contributed by atoms with Crippen molar-refractivity contribution < 1.29 is 32.3 Å². The summed E-state index contributed by atoms with van der Waals surface area (Å²) in [6.07, 6.45) is -4.33. The first kappa shape index (κ1) is 26.0. The highest BCUT2D eigenvalue weighted by molar-refractivity contribution is 9.10. The Morgan fingerprint density at radius 2 is 1.63 bits per heavy atom. The number of anilines is 1. The van der Waals surface area contributed by atoms with Gasteiger partial charge in [-0.2, -0.15) is 13.2 Å². The van der Waals surface area contributed by atoms with Gasteiger partial charge < -0.3 is 15.4 Å². The average Bonchev–Trinajstić information content (AvgIpc) is 2.79. The number of carbonyl (C=O) groups excluding carboxylic acids is 3. The Morgan fingerprint density at radius 1 is 0.971 bits per heavy atom. The van der Waals surface area contributed by atoms with Crippen LogP contribution >= 0.6 is 15.9 Å². The molecule has 0 saturated carbocycles. The van der Waals surface area contributed by atoms with E-state index in [0.717, 1.165) is 29.8 Å². The third kappa shape index (κ3) is 7.41. The van der Waals surface area contributed by atoms with Crippen LogP contribution in [-0.2, 0) is 22.2 Å². The summed E-state index contributed by atoms with van der Waals surface area (Å²) < 4.78 is 44.3. The minimum atomic E-state index is -4.50. The van der Waals surface area contributed by atoms with Gasteiger partial charge in [0.1, 0.15) is 11.8 Å². The molecule has 0 unspecified atom stereocenters. The first-order valence-corrected chi connectivity index (χ1v) is 11.1. The molecule has 0 fully saturated rings. The second-order valence-corrected chi connectivity index (χ2v) is 8.45. The summed E-state index contributed by atoms with van der Waals surface area (Å²) in [7, 11) is 0. The lowest BCUT2D eigenvalue weighted by molar-refractivity contribution is -0.139. The number of ether oxygens (including phenoxy) is 1. The summed E-state index contributed by atoms with van der Waals surface area (Å²) in [5, 5.41) is 5.04. The molecule has 1 atom stereocenters. The van der Waals surface area contributed by atoms with E-state index in [1.54, 1.807) is 30.3 Å². The first-order valence-electron chi connectivity index (χ1n) is 10.3. The molecule has 0 radical (unpaired) electrons. The van der Waals surface area contributed by atoms with E-state index in [1.165, 1.54) is 19.1 Å². The van der Waals surface area contributed by atoms with E-state index in [9.17, 15) is 27.6 Å².